The quantitative estimate of drug-likeness (QED) is 0.672. The molecule has 0 bridgehead atoms. The van der Waals surface area contributed by atoms with Gasteiger partial charge < -0.3 is 9.84 Å². The molecule has 80 valence electrons. The Labute approximate surface area is 82.3 Å². The second-order valence-electron chi connectivity index (χ2n) is 5.04. The molecule has 0 aliphatic carbocycles. The van der Waals surface area contributed by atoms with Crippen LogP contribution in [0.5, 0.6) is 0 Å². The summed E-state index contributed by atoms with van der Waals surface area (Å²) in [5.41, 5.74) is 0.0642. The van der Waals surface area contributed by atoms with Gasteiger partial charge in [0.05, 0.1) is 5.60 Å². The zero-order valence-corrected chi connectivity index (χ0v) is 9.68. The van der Waals surface area contributed by atoms with Crippen molar-refractivity contribution in [3.63, 3.8) is 0 Å². The Hall–Kier alpha value is -0.0800. The molecule has 0 spiro atoms. The Morgan fingerprint density at radius 3 is 1.92 bits per heavy atom. The molecule has 0 radical (unpaired) electrons. The van der Waals surface area contributed by atoms with Crippen molar-refractivity contribution in [2.45, 2.75) is 53.1 Å². The van der Waals surface area contributed by atoms with Crippen molar-refractivity contribution in [2.75, 3.05) is 13.2 Å². The van der Waals surface area contributed by atoms with Gasteiger partial charge in [0.2, 0.25) is 0 Å². The number of rotatable bonds is 5. The van der Waals surface area contributed by atoms with Gasteiger partial charge in [0.25, 0.3) is 0 Å². The molecule has 0 atom stereocenters. The molecule has 0 saturated heterocycles. The molecule has 1 N–H and O–H groups in total. The molecule has 0 aliphatic heterocycles. The van der Waals surface area contributed by atoms with Gasteiger partial charge in [0, 0.05) is 13.2 Å². The SMILES string of the molecule is CC(C)(C)C(C)(C)OCCCCO. The fourth-order valence-electron chi connectivity index (χ4n) is 0.758. The fourth-order valence-corrected chi connectivity index (χ4v) is 0.758. The first-order valence-electron chi connectivity index (χ1n) is 5.06. The molecular weight excluding hydrogens is 164 g/mol. The average molecular weight is 188 g/mol. The van der Waals surface area contributed by atoms with Crippen LogP contribution in [0.2, 0.25) is 0 Å². The van der Waals surface area contributed by atoms with Crippen LogP contribution in [0.25, 0.3) is 0 Å². The summed E-state index contributed by atoms with van der Waals surface area (Å²) in [5.74, 6) is 0. The van der Waals surface area contributed by atoms with E-state index in [0.717, 1.165) is 19.4 Å². The van der Waals surface area contributed by atoms with Gasteiger partial charge in [-0.05, 0) is 32.1 Å². The van der Waals surface area contributed by atoms with Crippen molar-refractivity contribution in [3.8, 4) is 0 Å². The topological polar surface area (TPSA) is 29.5 Å². The summed E-state index contributed by atoms with van der Waals surface area (Å²) in [6.45, 7) is 11.8. The number of ether oxygens (including phenoxy) is 1. The van der Waals surface area contributed by atoms with E-state index in [9.17, 15) is 0 Å². The van der Waals surface area contributed by atoms with Crippen molar-refractivity contribution in [2.24, 2.45) is 5.41 Å². The lowest BCUT2D eigenvalue weighted by atomic mass is 9.79. The predicted octanol–water partition coefficient (Wildman–Crippen LogP) is 2.60. The van der Waals surface area contributed by atoms with E-state index >= 15 is 0 Å². The van der Waals surface area contributed by atoms with Crippen LogP contribution in [0, 0.1) is 5.41 Å². The molecule has 0 amide bonds. The minimum absolute atomic E-state index is 0.0948. The zero-order valence-electron chi connectivity index (χ0n) is 9.68. The van der Waals surface area contributed by atoms with E-state index in [1.165, 1.54) is 0 Å². The highest BCUT2D eigenvalue weighted by atomic mass is 16.5. The molecule has 0 fully saturated rings. The molecule has 0 aromatic heterocycles. The first-order valence-corrected chi connectivity index (χ1v) is 5.06. The van der Waals surface area contributed by atoms with E-state index in [4.69, 9.17) is 9.84 Å². The van der Waals surface area contributed by atoms with E-state index < -0.39 is 0 Å². The van der Waals surface area contributed by atoms with Crippen molar-refractivity contribution in [1.29, 1.82) is 0 Å². The summed E-state index contributed by atoms with van der Waals surface area (Å²) in [7, 11) is 0. The summed E-state index contributed by atoms with van der Waals surface area (Å²) < 4.78 is 5.78. The Morgan fingerprint density at radius 2 is 1.54 bits per heavy atom. The molecule has 0 aliphatic rings. The van der Waals surface area contributed by atoms with E-state index in [-0.39, 0.29) is 17.6 Å². The Bertz CT molecular complexity index is 134. The lowest BCUT2D eigenvalue weighted by molar-refractivity contribution is -0.0915. The van der Waals surface area contributed by atoms with Gasteiger partial charge in [-0.3, -0.25) is 0 Å². The van der Waals surface area contributed by atoms with Crippen molar-refractivity contribution < 1.29 is 9.84 Å². The van der Waals surface area contributed by atoms with E-state index in [1.54, 1.807) is 0 Å². The molecule has 0 heterocycles. The van der Waals surface area contributed by atoms with Crippen LogP contribution in [0.4, 0.5) is 0 Å². The third-order valence-corrected chi connectivity index (χ3v) is 2.82. The largest absolute Gasteiger partial charge is 0.396 e. The van der Waals surface area contributed by atoms with Crippen LogP contribution >= 0.6 is 0 Å². The third-order valence-electron chi connectivity index (χ3n) is 2.82. The molecule has 2 nitrogen and oxygen atoms in total. The summed E-state index contributed by atoms with van der Waals surface area (Å²) in [4.78, 5) is 0. The smallest absolute Gasteiger partial charge is 0.0674 e. The van der Waals surface area contributed by atoms with Gasteiger partial charge in [-0.1, -0.05) is 20.8 Å². The average Bonchev–Trinajstić information content (AvgIpc) is 1.96. The fraction of sp³-hybridized carbons (Fsp3) is 1.00. The Balaban J connectivity index is 3.77. The lowest BCUT2D eigenvalue weighted by Crippen LogP contribution is -2.39. The predicted molar refractivity (Wildman–Crippen MR) is 55.8 cm³/mol. The monoisotopic (exact) mass is 188 g/mol. The maximum Gasteiger partial charge on any atom is 0.0674 e. The summed E-state index contributed by atoms with van der Waals surface area (Å²) >= 11 is 0. The van der Waals surface area contributed by atoms with Crippen LogP contribution in [0.1, 0.15) is 47.5 Å². The first kappa shape index (κ1) is 12.9. The normalized spacial score (nSPS) is 13.4. The molecule has 2 heteroatoms. The van der Waals surface area contributed by atoms with Crippen LogP contribution in [0.3, 0.4) is 0 Å². The van der Waals surface area contributed by atoms with Crippen LogP contribution in [-0.2, 0) is 4.74 Å². The Morgan fingerprint density at radius 1 is 1.00 bits per heavy atom. The number of aliphatic hydroxyl groups is 1. The van der Waals surface area contributed by atoms with E-state index in [1.807, 2.05) is 0 Å². The zero-order chi connectivity index (χ0) is 10.5. The van der Waals surface area contributed by atoms with E-state index in [2.05, 4.69) is 34.6 Å². The van der Waals surface area contributed by atoms with Gasteiger partial charge in [-0.2, -0.15) is 0 Å². The minimum Gasteiger partial charge on any atom is -0.396 e. The molecular formula is C11H24O2. The number of aliphatic hydroxyl groups excluding tert-OH is 1. The van der Waals surface area contributed by atoms with Crippen LogP contribution < -0.4 is 0 Å². The first-order chi connectivity index (χ1) is 5.81. The highest BCUT2D eigenvalue weighted by Gasteiger charge is 2.33. The van der Waals surface area contributed by atoms with Crippen molar-refractivity contribution >= 4 is 0 Å². The van der Waals surface area contributed by atoms with Crippen molar-refractivity contribution in [1.82, 2.24) is 0 Å². The molecule has 0 rings (SSSR count). The molecule has 0 unspecified atom stereocenters. The molecule has 0 aromatic rings. The lowest BCUT2D eigenvalue weighted by Gasteiger charge is -2.38. The molecule has 13 heavy (non-hydrogen) atoms. The van der Waals surface area contributed by atoms with Gasteiger partial charge in [-0.25, -0.2) is 0 Å². The van der Waals surface area contributed by atoms with Crippen molar-refractivity contribution in [3.05, 3.63) is 0 Å². The summed E-state index contributed by atoms with van der Waals surface area (Å²) in [6, 6.07) is 0. The number of hydrogen-bond donors (Lipinski definition) is 1. The molecule has 0 aromatic carbocycles. The van der Waals surface area contributed by atoms with Gasteiger partial charge in [0.1, 0.15) is 0 Å². The van der Waals surface area contributed by atoms with Gasteiger partial charge in [-0.15, -0.1) is 0 Å². The molecule has 0 saturated carbocycles. The standard InChI is InChI=1S/C11H24O2/c1-10(2,3)11(4,5)13-9-7-6-8-12/h12H,6-9H2,1-5H3. The maximum absolute atomic E-state index is 8.60. The maximum atomic E-state index is 8.60. The summed E-state index contributed by atoms with van der Waals surface area (Å²) in [6.07, 6.45) is 1.77. The highest BCUT2D eigenvalue weighted by Crippen LogP contribution is 2.32. The summed E-state index contributed by atoms with van der Waals surface area (Å²) in [5, 5.41) is 8.60. The van der Waals surface area contributed by atoms with Crippen LogP contribution in [-0.4, -0.2) is 23.9 Å². The number of hydrogen-bond acceptors (Lipinski definition) is 2. The van der Waals surface area contributed by atoms with Gasteiger partial charge in [0.15, 0.2) is 0 Å². The second-order valence-corrected chi connectivity index (χ2v) is 5.04. The second kappa shape index (κ2) is 4.97. The van der Waals surface area contributed by atoms with Gasteiger partial charge >= 0.3 is 0 Å². The third kappa shape index (κ3) is 4.63. The number of unbranched alkanes of at least 4 members (excludes halogenated alkanes) is 1. The Kier molecular flexibility index (Phi) is 4.93. The highest BCUT2D eigenvalue weighted by molar-refractivity contribution is 4.83. The van der Waals surface area contributed by atoms with E-state index in [0.29, 0.717) is 0 Å². The van der Waals surface area contributed by atoms with Crippen LogP contribution in [0.15, 0.2) is 0 Å². The minimum atomic E-state index is -0.0948.